The average Bonchev–Trinajstić information content (AvgIpc) is 2.42. The largest absolute Gasteiger partial charge is 0.332 e. The molecule has 0 saturated carbocycles. The summed E-state index contributed by atoms with van der Waals surface area (Å²) in [5.41, 5.74) is 2.68. The number of anilines is 1. The summed E-state index contributed by atoms with van der Waals surface area (Å²) in [5, 5.41) is 5.85. The molecule has 2 N–H and O–H groups in total. The van der Waals surface area contributed by atoms with Crippen LogP contribution < -0.4 is 10.6 Å². The van der Waals surface area contributed by atoms with Gasteiger partial charge in [-0.1, -0.05) is 6.07 Å². The summed E-state index contributed by atoms with van der Waals surface area (Å²) in [6.45, 7) is 6.48. The fraction of sp³-hybridized carbons (Fsp3) is 0.429. The van der Waals surface area contributed by atoms with Crippen LogP contribution >= 0.6 is 15.9 Å². The van der Waals surface area contributed by atoms with E-state index < -0.39 is 11.8 Å². The predicted molar refractivity (Wildman–Crippen MR) is 81.7 cm³/mol. The summed E-state index contributed by atoms with van der Waals surface area (Å²) in [7, 11) is 0. The Kier molecular flexibility index (Phi) is 4.77. The fourth-order valence-electron chi connectivity index (χ4n) is 2.25. The Hall–Kier alpha value is -1.40. The normalized spacial score (nSPS) is 15.1. The lowest BCUT2D eigenvalue weighted by molar-refractivity contribution is -0.143. The third kappa shape index (κ3) is 3.37. The fourth-order valence-corrected chi connectivity index (χ4v) is 3.03. The Bertz CT molecular complexity index is 516. The standard InChI is InChI=1S/C14H18BrN3O2/c1-9-7-10(2)12(11(15)8-9)17-13(19)14(20)18-5-3-16-4-6-18/h7-8,16H,3-6H2,1-2H3,(H,17,19). The molecule has 5 nitrogen and oxygen atoms in total. The van der Waals surface area contributed by atoms with Gasteiger partial charge in [0, 0.05) is 30.7 Å². The maximum Gasteiger partial charge on any atom is 0.313 e. The smallest absolute Gasteiger partial charge is 0.313 e. The van der Waals surface area contributed by atoms with Gasteiger partial charge in [-0.3, -0.25) is 9.59 Å². The summed E-state index contributed by atoms with van der Waals surface area (Å²) in [6, 6.07) is 3.88. The Morgan fingerprint density at radius 1 is 1.25 bits per heavy atom. The van der Waals surface area contributed by atoms with Crippen LogP contribution in [0.1, 0.15) is 11.1 Å². The number of halogens is 1. The van der Waals surface area contributed by atoms with Crippen molar-refractivity contribution >= 4 is 33.4 Å². The van der Waals surface area contributed by atoms with Crippen molar-refractivity contribution < 1.29 is 9.59 Å². The zero-order valence-corrected chi connectivity index (χ0v) is 13.2. The third-order valence-electron chi connectivity index (χ3n) is 3.27. The zero-order valence-electron chi connectivity index (χ0n) is 11.6. The van der Waals surface area contributed by atoms with Gasteiger partial charge in [0.25, 0.3) is 0 Å². The molecule has 0 atom stereocenters. The first-order valence-corrected chi connectivity index (χ1v) is 7.36. The minimum Gasteiger partial charge on any atom is -0.332 e. The van der Waals surface area contributed by atoms with Crippen LogP contribution in [0.4, 0.5) is 5.69 Å². The Morgan fingerprint density at radius 3 is 2.50 bits per heavy atom. The molecule has 0 spiro atoms. The van der Waals surface area contributed by atoms with E-state index in [2.05, 4.69) is 26.6 Å². The molecule has 2 rings (SSSR count). The van der Waals surface area contributed by atoms with Crippen LogP contribution in [0.15, 0.2) is 16.6 Å². The first kappa shape index (κ1) is 15.0. The van der Waals surface area contributed by atoms with Crippen molar-refractivity contribution in [1.29, 1.82) is 0 Å². The lowest BCUT2D eigenvalue weighted by Gasteiger charge is -2.26. The molecular formula is C14H18BrN3O2. The van der Waals surface area contributed by atoms with Gasteiger partial charge in [0.05, 0.1) is 5.69 Å². The molecule has 1 heterocycles. The second-order valence-corrected chi connectivity index (χ2v) is 5.79. The number of hydrogen-bond donors (Lipinski definition) is 2. The zero-order chi connectivity index (χ0) is 14.7. The monoisotopic (exact) mass is 339 g/mol. The number of carbonyl (C=O) groups is 2. The molecular weight excluding hydrogens is 322 g/mol. The quantitative estimate of drug-likeness (QED) is 0.761. The summed E-state index contributed by atoms with van der Waals surface area (Å²) in [4.78, 5) is 25.7. The lowest BCUT2D eigenvalue weighted by Crippen LogP contribution is -2.50. The molecule has 1 aliphatic rings. The number of rotatable bonds is 1. The minimum atomic E-state index is -0.584. The van der Waals surface area contributed by atoms with Crippen molar-refractivity contribution in [3.63, 3.8) is 0 Å². The van der Waals surface area contributed by atoms with Crippen LogP contribution in [-0.4, -0.2) is 42.9 Å². The second kappa shape index (κ2) is 6.37. The topological polar surface area (TPSA) is 61.4 Å². The minimum absolute atomic E-state index is 0.474. The van der Waals surface area contributed by atoms with Crippen molar-refractivity contribution in [2.24, 2.45) is 0 Å². The number of nitrogens with zero attached hydrogens (tertiary/aromatic N) is 1. The van der Waals surface area contributed by atoms with E-state index in [1.165, 1.54) is 0 Å². The third-order valence-corrected chi connectivity index (χ3v) is 3.89. The first-order valence-electron chi connectivity index (χ1n) is 6.57. The predicted octanol–water partition coefficient (Wildman–Crippen LogP) is 1.44. The van der Waals surface area contributed by atoms with E-state index >= 15 is 0 Å². The second-order valence-electron chi connectivity index (χ2n) is 4.93. The molecule has 2 amide bonds. The van der Waals surface area contributed by atoms with Crippen molar-refractivity contribution in [3.8, 4) is 0 Å². The molecule has 0 aromatic heterocycles. The molecule has 1 aromatic carbocycles. The number of aryl methyl sites for hydroxylation is 2. The molecule has 20 heavy (non-hydrogen) atoms. The molecule has 0 aliphatic carbocycles. The molecule has 1 saturated heterocycles. The highest BCUT2D eigenvalue weighted by Gasteiger charge is 2.24. The number of benzene rings is 1. The lowest BCUT2D eigenvalue weighted by atomic mass is 10.1. The van der Waals surface area contributed by atoms with Crippen LogP contribution in [0.25, 0.3) is 0 Å². The number of carbonyl (C=O) groups excluding carboxylic acids is 2. The molecule has 1 aliphatic heterocycles. The molecule has 0 radical (unpaired) electrons. The van der Waals surface area contributed by atoms with Gasteiger partial charge in [-0.05, 0) is 47.0 Å². The highest BCUT2D eigenvalue weighted by Crippen LogP contribution is 2.27. The van der Waals surface area contributed by atoms with Crippen molar-refractivity contribution in [2.45, 2.75) is 13.8 Å². The molecule has 0 unspecified atom stereocenters. The summed E-state index contributed by atoms with van der Waals surface area (Å²) in [6.07, 6.45) is 0. The van der Waals surface area contributed by atoms with Crippen molar-refractivity contribution in [2.75, 3.05) is 31.5 Å². The first-order chi connectivity index (χ1) is 9.49. The van der Waals surface area contributed by atoms with E-state index in [9.17, 15) is 9.59 Å². The van der Waals surface area contributed by atoms with Crippen LogP contribution in [0.2, 0.25) is 0 Å². The van der Waals surface area contributed by atoms with Gasteiger partial charge < -0.3 is 15.5 Å². The van der Waals surface area contributed by atoms with Gasteiger partial charge in [0.1, 0.15) is 0 Å². The molecule has 1 aromatic rings. The summed E-state index contributed by atoms with van der Waals surface area (Å²) >= 11 is 3.42. The van der Waals surface area contributed by atoms with Crippen molar-refractivity contribution in [3.05, 3.63) is 27.7 Å². The number of nitrogens with one attached hydrogen (secondary N) is 2. The highest BCUT2D eigenvalue weighted by molar-refractivity contribution is 9.10. The van der Waals surface area contributed by atoms with E-state index in [1.54, 1.807) is 4.90 Å². The van der Waals surface area contributed by atoms with E-state index in [0.29, 0.717) is 18.8 Å². The maximum atomic E-state index is 12.1. The number of amides is 2. The highest BCUT2D eigenvalue weighted by atomic mass is 79.9. The summed E-state index contributed by atoms with van der Waals surface area (Å²) < 4.78 is 0.788. The van der Waals surface area contributed by atoms with Gasteiger partial charge in [0.2, 0.25) is 0 Å². The number of hydrogen-bond acceptors (Lipinski definition) is 3. The van der Waals surface area contributed by atoms with E-state index in [0.717, 1.165) is 28.7 Å². The average molecular weight is 340 g/mol. The molecule has 6 heteroatoms. The van der Waals surface area contributed by atoms with Gasteiger partial charge in [-0.15, -0.1) is 0 Å². The van der Waals surface area contributed by atoms with E-state index in [4.69, 9.17) is 0 Å². The Morgan fingerprint density at radius 2 is 1.90 bits per heavy atom. The number of piperazine rings is 1. The Balaban J connectivity index is 2.09. The van der Waals surface area contributed by atoms with Gasteiger partial charge in [0.15, 0.2) is 0 Å². The summed E-state index contributed by atoms with van der Waals surface area (Å²) in [5.74, 6) is -1.06. The van der Waals surface area contributed by atoms with Crippen LogP contribution in [-0.2, 0) is 9.59 Å². The van der Waals surface area contributed by atoms with E-state index in [1.807, 2.05) is 26.0 Å². The van der Waals surface area contributed by atoms with Gasteiger partial charge in [-0.2, -0.15) is 0 Å². The van der Waals surface area contributed by atoms with Crippen LogP contribution in [0, 0.1) is 13.8 Å². The van der Waals surface area contributed by atoms with Crippen molar-refractivity contribution in [1.82, 2.24) is 10.2 Å². The van der Waals surface area contributed by atoms with Crippen LogP contribution in [0.5, 0.6) is 0 Å². The van der Waals surface area contributed by atoms with Gasteiger partial charge >= 0.3 is 11.8 Å². The molecule has 0 bridgehead atoms. The molecule has 1 fully saturated rings. The maximum absolute atomic E-state index is 12.1. The SMILES string of the molecule is Cc1cc(C)c(NC(=O)C(=O)N2CCNCC2)c(Br)c1. The Labute approximate surface area is 126 Å². The molecule has 108 valence electrons. The van der Waals surface area contributed by atoms with Gasteiger partial charge in [-0.25, -0.2) is 0 Å². The van der Waals surface area contributed by atoms with Crippen LogP contribution in [0.3, 0.4) is 0 Å². The van der Waals surface area contributed by atoms with E-state index in [-0.39, 0.29) is 0 Å².